The van der Waals surface area contributed by atoms with Crippen LogP contribution in [0, 0.1) is 11.8 Å². The fourth-order valence-corrected chi connectivity index (χ4v) is 2.59. The standard InChI is InChI=1S/C18H32N2/c1-15(2)13-17-11-9-7-5-6-8-10-12-18(20-19-17)14-16(3)4/h7-10,15-18H,5-6,11-14H2,1-4H3. The topological polar surface area (TPSA) is 24.7 Å². The monoisotopic (exact) mass is 276 g/mol. The van der Waals surface area contributed by atoms with Gasteiger partial charge in [-0.25, -0.2) is 0 Å². The summed E-state index contributed by atoms with van der Waals surface area (Å²) in [6.07, 6.45) is 15.8. The first-order valence-corrected chi connectivity index (χ1v) is 8.27. The first kappa shape index (κ1) is 17.1. The molecule has 1 heterocycles. The largest absolute Gasteiger partial charge is 0.190 e. The molecule has 0 saturated carbocycles. The summed E-state index contributed by atoms with van der Waals surface area (Å²) in [4.78, 5) is 0. The highest BCUT2D eigenvalue weighted by Crippen LogP contribution is 2.18. The zero-order valence-corrected chi connectivity index (χ0v) is 13.8. The van der Waals surface area contributed by atoms with Crippen LogP contribution >= 0.6 is 0 Å². The molecule has 0 saturated heterocycles. The van der Waals surface area contributed by atoms with E-state index in [0.717, 1.165) is 38.5 Å². The van der Waals surface area contributed by atoms with Crippen molar-refractivity contribution < 1.29 is 0 Å². The molecule has 0 aromatic heterocycles. The normalized spacial score (nSPS) is 24.9. The van der Waals surface area contributed by atoms with Crippen molar-refractivity contribution in [2.45, 2.75) is 78.3 Å². The van der Waals surface area contributed by atoms with E-state index in [-0.39, 0.29) is 0 Å². The maximum absolute atomic E-state index is 4.67. The van der Waals surface area contributed by atoms with Crippen LogP contribution < -0.4 is 0 Å². The van der Waals surface area contributed by atoms with Crippen LogP contribution in [0.3, 0.4) is 0 Å². The van der Waals surface area contributed by atoms with Gasteiger partial charge in [0, 0.05) is 0 Å². The number of azo groups is 1. The molecule has 20 heavy (non-hydrogen) atoms. The third-order valence-electron chi connectivity index (χ3n) is 3.53. The molecule has 2 nitrogen and oxygen atoms in total. The number of hydrogen-bond acceptors (Lipinski definition) is 2. The molecule has 0 bridgehead atoms. The number of allylic oxidation sites excluding steroid dienone is 2. The van der Waals surface area contributed by atoms with Gasteiger partial charge >= 0.3 is 0 Å². The molecular formula is C18H32N2. The van der Waals surface area contributed by atoms with Gasteiger partial charge in [0.2, 0.25) is 0 Å². The highest BCUT2D eigenvalue weighted by molar-refractivity contribution is 4.93. The highest BCUT2D eigenvalue weighted by Gasteiger charge is 2.12. The zero-order valence-electron chi connectivity index (χ0n) is 13.8. The SMILES string of the molecule is CC(C)CC1CC=CCCC=CCC(CC(C)C)N=N1. The van der Waals surface area contributed by atoms with Crippen LogP contribution in [0.1, 0.15) is 66.2 Å². The summed E-state index contributed by atoms with van der Waals surface area (Å²) < 4.78 is 0. The van der Waals surface area contributed by atoms with Crippen LogP contribution in [0.25, 0.3) is 0 Å². The van der Waals surface area contributed by atoms with E-state index in [0.29, 0.717) is 23.9 Å². The Morgan fingerprint density at radius 2 is 1.15 bits per heavy atom. The second-order valence-corrected chi connectivity index (χ2v) is 6.79. The van der Waals surface area contributed by atoms with Gasteiger partial charge in [-0.05, 0) is 50.4 Å². The van der Waals surface area contributed by atoms with E-state index in [1.807, 2.05) is 0 Å². The summed E-state index contributed by atoms with van der Waals surface area (Å²) in [7, 11) is 0. The maximum Gasteiger partial charge on any atom is 0.0745 e. The predicted molar refractivity (Wildman–Crippen MR) is 88.1 cm³/mol. The van der Waals surface area contributed by atoms with Gasteiger partial charge in [0.15, 0.2) is 0 Å². The molecule has 1 aliphatic heterocycles. The highest BCUT2D eigenvalue weighted by atomic mass is 15.1. The van der Waals surface area contributed by atoms with E-state index in [2.05, 4.69) is 62.2 Å². The second-order valence-electron chi connectivity index (χ2n) is 6.79. The summed E-state index contributed by atoms with van der Waals surface area (Å²) in [6, 6.07) is 0.730. The van der Waals surface area contributed by atoms with Crippen molar-refractivity contribution in [3.63, 3.8) is 0 Å². The average molecular weight is 276 g/mol. The summed E-state index contributed by atoms with van der Waals surface area (Å²) in [5.41, 5.74) is 0. The fraction of sp³-hybridized carbons (Fsp3) is 0.778. The average Bonchev–Trinajstić information content (AvgIpc) is 2.34. The Kier molecular flexibility index (Phi) is 8.48. The zero-order chi connectivity index (χ0) is 14.8. The van der Waals surface area contributed by atoms with Crippen molar-refractivity contribution in [3.8, 4) is 0 Å². The molecular weight excluding hydrogens is 244 g/mol. The Balaban J connectivity index is 2.72. The third-order valence-corrected chi connectivity index (χ3v) is 3.53. The first-order valence-electron chi connectivity index (χ1n) is 8.27. The molecule has 2 unspecified atom stereocenters. The molecule has 2 heteroatoms. The summed E-state index contributed by atoms with van der Waals surface area (Å²) in [5.74, 6) is 1.37. The van der Waals surface area contributed by atoms with E-state index in [1.165, 1.54) is 0 Å². The summed E-state index contributed by atoms with van der Waals surface area (Å²) >= 11 is 0. The van der Waals surface area contributed by atoms with Gasteiger partial charge in [-0.15, -0.1) is 0 Å². The lowest BCUT2D eigenvalue weighted by molar-refractivity contribution is 0.442. The lowest BCUT2D eigenvalue weighted by Gasteiger charge is -2.16. The van der Waals surface area contributed by atoms with Gasteiger partial charge in [0.05, 0.1) is 12.1 Å². The number of rotatable bonds is 4. The van der Waals surface area contributed by atoms with E-state index >= 15 is 0 Å². The van der Waals surface area contributed by atoms with Gasteiger partial charge in [-0.1, -0.05) is 52.0 Å². The Hall–Kier alpha value is -0.920. The van der Waals surface area contributed by atoms with Gasteiger partial charge in [-0.3, -0.25) is 0 Å². The Labute approximate surface area is 125 Å². The molecule has 0 aromatic carbocycles. The molecule has 0 spiro atoms. The molecule has 0 fully saturated rings. The van der Waals surface area contributed by atoms with Crippen LogP contribution in [0.5, 0.6) is 0 Å². The summed E-state index contributed by atoms with van der Waals surface area (Å²) in [5, 5.41) is 9.34. The Morgan fingerprint density at radius 1 is 0.750 bits per heavy atom. The van der Waals surface area contributed by atoms with Gasteiger partial charge in [0.1, 0.15) is 0 Å². The third kappa shape index (κ3) is 8.29. The smallest absolute Gasteiger partial charge is 0.0745 e. The lowest BCUT2D eigenvalue weighted by atomic mass is 10.0. The molecule has 0 radical (unpaired) electrons. The molecule has 1 rings (SSSR count). The molecule has 0 aromatic rings. The fourth-order valence-electron chi connectivity index (χ4n) is 2.59. The second kappa shape index (κ2) is 9.90. The van der Waals surface area contributed by atoms with Crippen molar-refractivity contribution in [3.05, 3.63) is 24.3 Å². The van der Waals surface area contributed by atoms with Crippen molar-refractivity contribution >= 4 is 0 Å². The number of nitrogens with zero attached hydrogens (tertiary/aromatic N) is 2. The van der Waals surface area contributed by atoms with Gasteiger partial charge < -0.3 is 0 Å². The minimum Gasteiger partial charge on any atom is -0.190 e. The molecule has 0 aliphatic carbocycles. The van der Waals surface area contributed by atoms with E-state index < -0.39 is 0 Å². The van der Waals surface area contributed by atoms with Gasteiger partial charge in [-0.2, -0.15) is 10.2 Å². The van der Waals surface area contributed by atoms with Crippen molar-refractivity contribution in [1.82, 2.24) is 0 Å². The van der Waals surface area contributed by atoms with Crippen LogP contribution in [-0.2, 0) is 0 Å². The number of hydrogen-bond donors (Lipinski definition) is 0. The van der Waals surface area contributed by atoms with Crippen molar-refractivity contribution in [2.75, 3.05) is 0 Å². The minimum absolute atomic E-state index is 0.365. The maximum atomic E-state index is 4.67. The van der Waals surface area contributed by atoms with E-state index in [9.17, 15) is 0 Å². The molecule has 0 N–H and O–H groups in total. The van der Waals surface area contributed by atoms with Crippen LogP contribution in [0.15, 0.2) is 34.5 Å². The van der Waals surface area contributed by atoms with Crippen LogP contribution in [0.4, 0.5) is 0 Å². The molecule has 114 valence electrons. The van der Waals surface area contributed by atoms with Crippen LogP contribution in [0.2, 0.25) is 0 Å². The lowest BCUT2D eigenvalue weighted by Crippen LogP contribution is -2.11. The summed E-state index contributed by atoms with van der Waals surface area (Å²) in [6.45, 7) is 9.07. The molecule has 0 amide bonds. The first-order chi connectivity index (χ1) is 9.58. The van der Waals surface area contributed by atoms with Crippen LogP contribution in [-0.4, -0.2) is 12.1 Å². The molecule has 1 aliphatic rings. The van der Waals surface area contributed by atoms with Crippen molar-refractivity contribution in [1.29, 1.82) is 0 Å². The quantitative estimate of drug-likeness (QED) is 0.566. The van der Waals surface area contributed by atoms with Gasteiger partial charge in [0.25, 0.3) is 0 Å². The predicted octanol–water partition coefficient (Wildman–Crippen LogP) is 5.95. The van der Waals surface area contributed by atoms with Crippen molar-refractivity contribution in [2.24, 2.45) is 22.1 Å². The molecule has 2 atom stereocenters. The Bertz CT molecular complexity index is 294. The van der Waals surface area contributed by atoms with E-state index in [4.69, 9.17) is 0 Å². The Morgan fingerprint density at radius 3 is 1.50 bits per heavy atom. The minimum atomic E-state index is 0.365. The van der Waals surface area contributed by atoms with E-state index in [1.54, 1.807) is 0 Å².